The SMILES string of the molecule is COc1ccc(CC(=O)NCCc2nc3ccccc3n2CC(=O)N2CCC(C)CC2)cc1. The van der Waals surface area contributed by atoms with Crippen LogP contribution in [-0.4, -0.2) is 53.0 Å². The van der Waals surface area contributed by atoms with Crippen LogP contribution in [0.1, 0.15) is 31.2 Å². The van der Waals surface area contributed by atoms with Crippen molar-refractivity contribution in [2.45, 2.75) is 39.2 Å². The van der Waals surface area contributed by atoms with Gasteiger partial charge in [0.2, 0.25) is 11.8 Å². The summed E-state index contributed by atoms with van der Waals surface area (Å²) >= 11 is 0. The molecular formula is C26H32N4O3. The number of nitrogens with zero attached hydrogens (tertiary/aromatic N) is 3. The van der Waals surface area contributed by atoms with E-state index in [9.17, 15) is 9.59 Å². The zero-order chi connectivity index (χ0) is 23.2. The Morgan fingerprint density at radius 1 is 1.09 bits per heavy atom. The molecule has 7 heteroatoms. The van der Waals surface area contributed by atoms with Gasteiger partial charge in [-0.1, -0.05) is 31.2 Å². The summed E-state index contributed by atoms with van der Waals surface area (Å²) < 4.78 is 7.16. The first-order valence-electron chi connectivity index (χ1n) is 11.6. The molecule has 33 heavy (non-hydrogen) atoms. The maximum Gasteiger partial charge on any atom is 0.242 e. The van der Waals surface area contributed by atoms with Crippen molar-refractivity contribution >= 4 is 22.8 Å². The van der Waals surface area contributed by atoms with Crippen LogP contribution >= 0.6 is 0 Å². The number of imidazole rings is 1. The number of para-hydroxylation sites is 2. The lowest BCUT2D eigenvalue weighted by atomic mass is 9.99. The lowest BCUT2D eigenvalue weighted by molar-refractivity contribution is -0.133. The Kier molecular flexibility index (Phi) is 7.27. The van der Waals surface area contributed by atoms with Crippen LogP contribution in [0.3, 0.4) is 0 Å². The van der Waals surface area contributed by atoms with E-state index in [1.54, 1.807) is 7.11 Å². The predicted molar refractivity (Wildman–Crippen MR) is 128 cm³/mol. The van der Waals surface area contributed by atoms with E-state index < -0.39 is 0 Å². The fourth-order valence-corrected chi connectivity index (χ4v) is 4.29. The lowest BCUT2D eigenvalue weighted by Gasteiger charge is -2.30. The van der Waals surface area contributed by atoms with E-state index in [4.69, 9.17) is 9.72 Å². The molecule has 3 aromatic rings. The highest BCUT2D eigenvalue weighted by atomic mass is 16.5. The second-order valence-electron chi connectivity index (χ2n) is 8.79. The highest BCUT2D eigenvalue weighted by Gasteiger charge is 2.22. The molecule has 2 heterocycles. The van der Waals surface area contributed by atoms with Gasteiger partial charge in [-0.3, -0.25) is 9.59 Å². The van der Waals surface area contributed by atoms with Crippen LogP contribution in [0.15, 0.2) is 48.5 Å². The van der Waals surface area contributed by atoms with Crippen molar-refractivity contribution in [3.8, 4) is 5.75 Å². The van der Waals surface area contributed by atoms with Gasteiger partial charge >= 0.3 is 0 Å². The van der Waals surface area contributed by atoms with Crippen LogP contribution in [0.2, 0.25) is 0 Å². The Morgan fingerprint density at radius 2 is 1.82 bits per heavy atom. The quantitative estimate of drug-likeness (QED) is 0.574. The average molecular weight is 449 g/mol. The largest absolute Gasteiger partial charge is 0.497 e. The molecule has 0 aliphatic carbocycles. The van der Waals surface area contributed by atoms with Crippen molar-refractivity contribution in [3.05, 3.63) is 59.9 Å². The molecule has 1 aliphatic heterocycles. The topological polar surface area (TPSA) is 76.5 Å². The molecule has 0 bridgehead atoms. The molecular weight excluding hydrogens is 416 g/mol. The normalized spacial score (nSPS) is 14.4. The molecule has 2 aromatic carbocycles. The summed E-state index contributed by atoms with van der Waals surface area (Å²) in [5.74, 6) is 2.36. The van der Waals surface area contributed by atoms with Crippen LogP contribution in [0, 0.1) is 5.92 Å². The number of ether oxygens (including phenoxy) is 1. The number of aromatic nitrogens is 2. The minimum atomic E-state index is -0.0404. The van der Waals surface area contributed by atoms with Gasteiger partial charge in [0.05, 0.1) is 24.6 Å². The summed E-state index contributed by atoms with van der Waals surface area (Å²) in [6.45, 7) is 4.64. The number of rotatable bonds is 8. The van der Waals surface area contributed by atoms with Crippen molar-refractivity contribution in [2.75, 3.05) is 26.7 Å². The number of benzene rings is 2. The molecule has 4 rings (SSSR count). The standard InChI is InChI=1S/C26H32N4O3/c1-19-12-15-29(16-13-19)26(32)18-30-23-6-4-3-5-22(23)28-24(30)11-14-27-25(31)17-20-7-9-21(33-2)10-8-20/h3-10,19H,11-18H2,1-2H3,(H,27,31). The number of nitrogens with one attached hydrogen (secondary N) is 1. The summed E-state index contributed by atoms with van der Waals surface area (Å²) in [7, 11) is 1.62. The van der Waals surface area contributed by atoms with Crippen LogP contribution in [0.25, 0.3) is 11.0 Å². The Hall–Kier alpha value is -3.35. The third kappa shape index (κ3) is 5.72. The van der Waals surface area contributed by atoms with Gasteiger partial charge in [-0.05, 0) is 48.6 Å². The first-order chi connectivity index (χ1) is 16.0. The number of amides is 2. The molecule has 0 spiro atoms. The number of piperidine rings is 1. The maximum absolute atomic E-state index is 13.0. The molecule has 0 unspecified atom stereocenters. The van der Waals surface area contributed by atoms with Gasteiger partial charge in [-0.25, -0.2) is 4.98 Å². The van der Waals surface area contributed by atoms with E-state index in [2.05, 4.69) is 12.2 Å². The van der Waals surface area contributed by atoms with E-state index in [1.165, 1.54) is 0 Å². The third-order valence-corrected chi connectivity index (χ3v) is 6.36. The van der Waals surface area contributed by atoms with Crippen LogP contribution in [-0.2, 0) is 29.0 Å². The number of hydrogen-bond acceptors (Lipinski definition) is 4. The number of hydrogen-bond donors (Lipinski definition) is 1. The number of methoxy groups -OCH3 is 1. The van der Waals surface area contributed by atoms with Gasteiger partial charge in [0.1, 0.15) is 18.1 Å². The summed E-state index contributed by atoms with van der Waals surface area (Å²) in [5, 5.41) is 2.98. The minimum Gasteiger partial charge on any atom is -0.497 e. The molecule has 0 radical (unpaired) electrons. The smallest absolute Gasteiger partial charge is 0.242 e. The molecule has 7 nitrogen and oxygen atoms in total. The molecule has 1 fully saturated rings. The summed E-state index contributed by atoms with van der Waals surface area (Å²) in [4.78, 5) is 32.1. The van der Waals surface area contributed by atoms with Gasteiger partial charge in [0, 0.05) is 26.1 Å². The number of likely N-dealkylation sites (tertiary alicyclic amines) is 1. The summed E-state index contributed by atoms with van der Waals surface area (Å²) in [6.07, 6.45) is 2.99. The van der Waals surface area contributed by atoms with E-state index in [0.29, 0.717) is 25.3 Å². The number of carbonyl (C=O) groups is 2. The number of fused-ring (bicyclic) bond motifs is 1. The summed E-state index contributed by atoms with van der Waals surface area (Å²) in [6, 6.07) is 15.4. The fourth-order valence-electron chi connectivity index (χ4n) is 4.29. The molecule has 0 saturated carbocycles. The summed E-state index contributed by atoms with van der Waals surface area (Å²) in [5.41, 5.74) is 2.76. The highest BCUT2D eigenvalue weighted by molar-refractivity contribution is 5.81. The van der Waals surface area contributed by atoms with Crippen molar-refractivity contribution in [1.82, 2.24) is 19.8 Å². The van der Waals surface area contributed by atoms with E-state index in [-0.39, 0.29) is 18.4 Å². The zero-order valence-corrected chi connectivity index (χ0v) is 19.4. The van der Waals surface area contributed by atoms with E-state index in [0.717, 1.165) is 54.1 Å². The van der Waals surface area contributed by atoms with Crippen LogP contribution < -0.4 is 10.1 Å². The first kappa shape index (κ1) is 22.8. The zero-order valence-electron chi connectivity index (χ0n) is 19.4. The van der Waals surface area contributed by atoms with Gasteiger partial charge in [0.15, 0.2) is 0 Å². The molecule has 0 atom stereocenters. The van der Waals surface area contributed by atoms with Gasteiger partial charge < -0.3 is 19.5 Å². The second-order valence-corrected chi connectivity index (χ2v) is 8.79. The third-order valence-electron chi connectivity index (χ3n) is 6.36. The fraction of sp³-hybridized carbons (Fsp3) is 0.423. The van der Waals surface area contributed by atoms with Crippen molar-refractivity contribution in [1.29, 1.82) is 0 Å². The van der Waals surface area contributed by atoms with Gasteiger partial charge in [-0.15, -0.1) is 0 Å². The molecule has 1 aliphatic rings. The van der Waals surface area contributed by atoms with Crippen molar-refractivity contribution in [3.63, 3.8) is 0 Å². The molecule has 1 saturated heterocycles. The maximum atomic E-state index is 13.0. The Morgan fingerprint density at radius 3 is 2.55 bits per heavy atom. The van der Waals surface area contributed by atoms with Crippen LogP contribution in [0.5, 0.6) is 5.75 Å². The van der Waals surface area contributed by atoms with Gasteiger partial charge in [-0.2, -0.15) is 0 Å². The van der Waals surface area contributed by atoms with E-state index in [1.807, 2.05) is 58.0 Å². The first-order valence-corrected chi connectivity index (χ1v) is 11.6. The Balaban J connectivity index is 1.38. The van der Waals surface area contributed by atoms with Crippen molar-refractivity contribution < 1.29 is 14.3 Å². The Bertz CT molecular complexity index is 1100. The minimum absolute atomic E-state index is 0.0404. The van der Waals surface area contributed by atoms with Crippen LogP contribution in [0.4, 0.5) is 0 Å². The van der Waals surface area contributed by atoms with Crippen molar-refractivity contribution in [2.24, 2.45) is 5.92 Å². The number of carbonyl (C=O) groups excluding carboxylic acids is 2. The second kappa shape index (κ2) is 10.5. The predicted octanol–water partition coefficient (Wildman–Crippen LogP) is 3.20. The lowest BCUT2D eigenvalue weighted by Crippen LogP contribution is -2.40. The molecule has 174 valence electrons. The molecule has 1 N–H and O–H groups in total. The average Bonchev–Trinajstić information content (AvgIpc) is 3.17. The molecule has 2 amide bonds. The highest BCUT2D eigenvalue weighted by Crippen LogP contribution is 2.20. The Labute approximate surface area is 194 Å². The van der Waals surface area contributed by atoms with Gasteiger partial charge in [0.25, 0.3) is 0 Å². The van der Waals surface area contributed by atoms with E-state index >= 15 is 0 Å². The molecule has 1 aromatic heterocycles. The monoisotopic (exact) mass is 448 g/mol.